The van der Waals surface area contributed by atoms with Gasteiger partial charge in [-0.1, -0.05) is 37.5 Å². The first-order valence-corrected chi connectivity index (χ1v) is 13.9. The lowest BCUT2D eigenvalue weighted by Crippen LogP contribution is -2.45. The van der Waals surface area contributed by atoms with Crippen molar-refractivity contribution in [2.75, 3.05) is 13.2 Å². The molecule has 0 bridgehead atoms. The molecule has 1 saturated carbocycles. The highest BCUT2D eigenvalue weighted by Gasteiger charge is 2.32. The van der Waals surface area contributed by atoms with Crippen LogP contribution in [0.3, 0.4) is 0 Å². The summed E-state index contributed by atoms with van der Waals surface area (Å²) >= 11 is 5.33. The van der Waals surface area contributed by atoms with Crippen LogP contribution < -0.4 is 20.8 Å². The number of benzene rings is 1. The third-order valence-electron chi connectivity index (χ3n) is 7.21. The van der Waals surface area contributed by atoms with Crippen LogP contribution in [0.25, 0.3) is 0 Å². The van der Waals surface area contributed by atoms with Crippen LogP contribution in [-0.2, 0) is 14.3 Å². The van der Waals surface area contributed by atoms with Crippen LogP contribution in [0.2, 0.25) is 0 Å². The van der Waals surface area contributed by atoms with Crippen LogP contribution in [-0.4, -0.2) is 41.0 Å². The van der Waals surface area contributed by atoms with E-state index in [4.69, 9.17) is 21.7 Å². The van der Waals surface area contributed by atoms with E-state index in [1.807, 2.05) is 12.1 Å². The van der Waals surface area contributed by atoms with Gasteiger partial charge in [-0.25, -0.2) is 10.2 Å². The second-order valence-electron chi connectivity index (χ2n) is 9.90. The molecule has 1 aromatic carbocycles. The number of amides is 1. The average Bonchev–Trinajstić information content (AvgIpc) is 3.20. The zero-order chi connectivity index (χ0) is 27.9. The summed E-state index contributed by atoms with van der Waals surface area (Å²) < 4.78 is 13.5. The van der Waals surface area contributed by atoms with Gasteiger partial charge in [0.25, 0.3) is 5.91 Å². The molecule has 0 spiro atoms. The van der Waals surface area contributed by atoms with Crippen molar-refractivity contribution in [3.8, 4) is 5.75 Å². The van der Waals surface area contributed by atoms with E-state index in [1.165, 1.54) is 37.8 Å². The van der Waals surface area contributed by atoms with Crippen LogP contribution in [0.4, 0.5) is 0 Å². The SMILES string of the molecule is CCOC(=O)C1=C(C)NC(=S)N[C@@H]1c1ccccc1OCC(=O)NN=Cc1cc(C)n(C2CCCCC2)c1C. The molecule has 1 aromatic heterocycles. The third kappa shape index (κ3) is 6.68. The Labute approximate surface area is 235 Å². The zero-order valence-electron chi connectivity index (χ0n) is 23.0. The van der Waals surface area contributed by atoms with E-state index in [0.29, 0.717) is 33.7 Å². The number of hydrogen-bond donors (Lipinski definition) is 3. The first-order chi connectivity index (χ1) is 18.8. The Kier molecular flexibility index (Phi) is 9.40. The molecule has 1 aliphatic heterocycles. The fourth-order valence-electron chi connectivity index (χ4n) is 5.44. The summed E-state index contributed by atoms with van der Waals surface area (Å²) in [5.74, 6) is -0.398. The Hall–Kier alpha value is -3.66. The fourth-order valence-corrected chi connectivity index (χ4v) is 5.71. The normalized spacial score (nSPS) is 18.1. The maximum atomic E-state index is 12.7. The topological polar surface area (TPSA) is 106 Å². The van der Waals surface area contributed by atoms with Gasteiger partial charge in [-0.2, -0.15) is 5.10 Å². The molecule has 2 aromatic rings. The van der Waals surface area contributed by atoms with Crippen molar-refractivity contribution >= 4 is 35.4 Å². The first-order valence-electron chi connectivity index (χ1n) is 13.5. The predicted molar refractivity (Wildman–Crippen MR) is 155 cm³/mol. The average molecular weight is 552 g/mol. The summed E-state index contributed by atoms with van der Waals surface area (Å²) in [7, 11) is 0. The molecule has 39 heavy (non-hydrogen) atoms. The van der Waals surface area contributed by atoms with E-state index in [1.54, 1.807) is 32.2 Å². The Morgan fingerprint density at radius 3 is 2.67 bits per heavy atom. The summed E-state index contributed by atoms with van der Waals surface area (Å²) in [5.41, 5.74) is 7.60. The van der Waals surface area contributed by atoms with Crippen LogP contribution in [0.5, 0.6) is 5.75 Å². The summed E-state index contributed by atoms with van der Waals surface area (Å²) in [6, 6.07) is 9.27. The number of thiocarbonyl (C=S) groups is 1. The van der Waals surface area contributed by atoms with Gasteiger partial charge in [0.05, 0.1) is 24.4 Å². The number of nitrogens with zero attached hydrogens (tertiary/aromatic N) is 2. The number of rotatable bonds is 9. The summed E-state index contributed by atoms with van der Waals surface area (Å²) in [6.07, 6.45) is 7.95. The van der Waals surface area contributed by atoms with Gasteiger partial charge in [0, 0.05) is 34.3 Å². The summed E-state index contributed by atoms with van der Waals surface area (Å²) in [4.78, 5) is 25.3. The van der Waals surface area contributed by atoms with Crippen LogP contribution in [0.1, 0.15) is 80.6 Å². The van der Waals surface area contributed by atoms with Gasteiger partial charge in [-0.05, 0) is 64.9 Å². The maximum Gasteiger partial charge on any atom is 0.338 e. The van der Waals surface area contributed by atoms with E-state index in [2.05, 4.69) is 45.6 Å². The number of carbonyl (C=O) groups is 2. The smallest absolute Gasteiger partial charge is 0.338 e. The predicted octanol–water partition coefficient (Wildman–Crippen LogP) is 4.50. The minimum Gasteiger partial charge on any atom is -0.483 e. The Morgan fingerprint density at radius 1 is 1.18 bits per heavy atom. The molecular weight excluding hydrogens is 514 g/mol. The van der Waals surface area contributed by atoms with E-state index < -0.39 is 17.9 Å². The molecule has 1 aliphatic carbocycles. The quantitative estimate of drug-likeness (QED) is 0.182. The lowest BCUT2D eigenvalue weighted by Gasteiger charge is -2.30. The van der Waals surface area contributed by atoms with Crippen LogP contribution >= 0.6 is 12.2 Å². The number of esters is 1. The molecule has 3 N–H and O–H groups in total. The van der Waals surface area contributed by atoms with Gasteiger partial charge >= 0.3 is 5.97 Å². The monoisotopic (exact) mass is 551 g/mol. The lowest BCUT2D eigenvalue weighted by atomic mass is 9.95. The second kappa shape index (κ2) is 12.9. The van der Waals surface area contributed by atoms with Crippen molar-refractivity contribution in [1.29, 1.82) is 0 Å². The number of aromatic nitrogens is 1. The minimum absolute atomic E-state index is 0.246. The molecule has 0 unspecified atom stereocenters. The molecule has 9 nitrogen and oxygen atoms in total. The largest absolute Gasteiger partial charge is 0.483 e. The molecule has 1 amide bonds. The van der Waals surface area contributed by atoms with Gasteiger partial charge in [0.15, 0.2) is 11.7 Å². The van der Waals surface area contributed by atoms with Crippen molar-refractivity contribution in [2.24, 2.45) is 5.10 Å². The molecule has 2 aliphatic rings. The number of carbonyl (C=O) groups excluding carboxylic acids is 2. The highest BCUT2D eigenvalue weighted by atomic mass is 32.1. The third-order valence-corrected chi connectivity index (χ3v) is 7.43. The van der Waals surface area contributed by atoms with Gasteiger partial charge in [0.2, 0.25) is 0 Å². The molecule has 10 heteroatoms. The molecule has 1 atom stereocenters. The number of allylic oxidation sites excluding steroid dienone is 1. The Bertz CT molecular complexity index is 1290. The van der Waals surface area contributed by atoms with E-state index in [9.17, 15) is 9.59 Å². The number of para-hydroxylation sites is 1. The van der Waals surface area contributed by atoms with Gasteiger partial charge < -0.3 is 24.7 Å². The van der Waals surface area contributed by atoms with Crippen molar-refractivity contribution in [1.82, 2.24) is 20.6 Å². The lowest BCUT2D eigenvalue weighted by molar-refractivity contribution is -0.139. The second-order valence-corrected chi connectivity index (χ2v) is 10.3. The van der Waals surface area contributed by atoms with E-state index in [-0.39, 0.29) is 13.2 Å². The van der Waals surface area contributed by atoms with Crippen LogP contribution in [0, 0.1) is 13.8 Å². The van der Waals surface area contributed by atoms with E-state index in [0.717, 1.165) is 11.3 Å². The highest BCUT2D eigenvalue weighted by molar-refractivity contribution is 7.80. The first kappa shape index (κ1) is 28.4. The zero-order valence-corrected chi connectivity index (χ0v) is 23.8. The van der Waals surface area contributed by atoms with Crippen molar-refractivity contribution in [2.45, 2.75) is 71.9 Å². The minimum atomic E-state index is -0.588. The number of nitrogens with one attached hydrogen (secondary N) is 3. The summed E-state index contributed by atoms with van der Waals surface area (Å²) in [5, 5.41) is 10.7. The van der Waals surface area contributed by atoms with Crippen molar-refractivity contribution < 1.29 is 19.1 Å². The molecule has 208 valence electrons. The van der Waals surface area contributed by atoms with Crippen molar-refractivity contribution in [3.05, 3.63) is 64.1 Å². The summed E-state index contributed by atoms with van der Waals surface area (Å²) in [6.45, 7) is 7.75. The molecule has 0 saturated heterocycles. The standard InChI is InChI=1S/C29H37N5O4S/c1-5-37-28(36)26-19(3)31-29(39)32-27(26)23-13-9-10-14-24(23)38-17-25(35)33-30-16-21-15-18(2)34(20(21)4)22-11-7-6-8-12-22/h9-10,13-16,22,27H,5-8,11-12,17H2,1-4H3,(H,33,35)(H2,31,32,39)/t27-/m1/s1. The van der Waals surface area contributed by atoms with Gasteiger partial charge in [0.1, 0.15) is 5.75 Å². The molecular formula is C29H37N5O4S. The number of hydrogen-bond acceptors (Lipinski definition) is 6. The number of aryl methyl sites for hydroxylation is 1. The molecule has 1 fully saturated rings. The molecule has 2 heterocycles. The van der Waals surface area contributed by atoms with Gasteiger partial charge in [-0.15, -0.1) is 0 Å². The van der Waals surface area contributed by atoms with E-state index >= 15 is 0 Å². The highest BCUT2D eigenvalue weighted by Crippen LogP contribution is 2.34. The number of ether oxygens (including phenoxy) is 2. The van der Waals surface area contributed by atoms with Gasteiger partial charge in [-0.3, -0.25) is 4.79 Å². The maximum absolute atomic E-state index is 12.7. The van der Waals surface area contributed by atoms with Crippen LogP contribution in [0.15, 0.2) is 46.7 Å². The molecule has 0 radical (unpaired) electrons. The number of hydrazone groups is 1. The Morgan fingerprint density at radius 2 is 1.92 bits per heavy atom. The fraction of sp³-hybridized carbons (Fsp3) is 0.448. The Balaban J connectivity index is 1.42. The van der Waals surface area contributed by atoms with Crippen molar-refractivity contribution in [3.63, 3.8) is 0 Å². The molecule has 4 rings (SSSR count).